The highest BCUT2D eigenvalue weighted by atomic mass is 28.3. The molecule has 0 aliphatic rings. The summed E-state index contributed by atoms with van der Waals surface area (Å²) in [5.41, 5.74) is 9.42. The molecule has 14 aromatic rings. The van der Waals surface area contributed by atoms with Gasteiger partial charge in [0, 0.05) is 32.9 Å². The van der Waals surface area contributed by atoms with Gasteiger partial charge in [-0.2, -0.15) is 0 Å². The van der Waals surface area contributed by atoms with E-state index in [2.05, 4.69) is 325 Å². The zero-order valence-electron chi connectivity index (χ0n) is 41.9. The summed E-state index contributed by atoms with van der Waals surface area (Å²) in [6.45, 7) is 0. The third kappa shape index (κ3) is 7.06. The fourth-order valence-electron chi connectivity index (χ4n) is 12.9. The van der Waals surface area contributed by atoms with Gasteiger partial charge in [-0.05, 0) is 95.1 Å². The minimum absolute atomic E-state index is 1.13. The molecule has 2 aromatic heterocycles. The molecule has 0 bridgehead atoms. The number of para-hydroxylation sites is 3. The van der Waals surface area contributed by atoms with Crippen LogP contribution in [0.25, 0.3) is 66.1 Å². The maximum Gasteiger partial charge on any atom is 0.180 e. The van der Waals surface area contributed by atoms with Gasteiger partial charge in [0.2, 0.25) is 0 Å². The van der Waals surface area contributed by atoms with Crippen LogP contribution in [-0.2, 0) is 0 Å². The minimum Gasteiger partial charge on any atom is -0.309 e. The molecule has 0 fully saturated rings. The van der Waals surface area contributed by atoms with Crippen molar-refractivity contribution in [3.05, 3.63) is 315 Å². The predicted octanol–water partition coefficient (Wildman–Crippen LogP) is 12.3. The second kappa shape index (κ2) is 18.9. The Morgan fingerprint density at radius 2 is 0.592 bits per heavy atom. The highest BCUT2D eigenvalue weighted by molar-refractivity contribution is 7.21. The van der Waals surface area contributed by atoms with Crippen LogP contribution in [0.5, 0.6) is 0 Å². The topological polar surface area (TPSA) is 9.86 Å². The molecule has 0 radical (unpaired) electrons. The van der Waals surface area contributed by atoms with E-state index in [-0.39, 0.29) is 0 Å². The van der Waals surface area contributed by atoms with Crippen LogP contribution in [0, 0.1) is 0 Å². The molecule has 0 amide bonds. The zero-order valence-corrected chi connectivity index (χ0v) is 43.9. The van der Waals surface area contributed by atoms with Crippen molar-refractivity contribution in [2.75, 3.05) is 0 Å². The van der Waals surface area contributed by atoms with Crippen molar-refractivity contribution in [2.45, 2.75) is 0 Å². The second-order valence-corrected chi connectivity index (χ2v) is 27.5. The summed E-state index contributed by atoms with van der Waals surface area (Å²) in [5.74, 6) is 0. The molecule has 0 aliphatic heterocycles. The molecule has 2 heterocycles. The van der Waals surface area contributed by atoms with Crippen molar-refractivity contribution in [1.29, 1.82) is 0 Å². The first kappa shape index (κ1) is 45.3. The lowest BCUT2D eigenvalue weighted by Crippen LogP contribution is -2.75. The summed E-state index contributed by atoms with van der Waals surface area (Å²) in [5, 5.41) is 15.7. The number of fused-ring (bicyclic) bond motifs is 7. The van der Waals surface area contributed by atoms with E-state index in [0.717, 1.165) is 11.4 Å². The molecule has 0 unspecified atom stereocenters. The summed E-state index contributed by atoms with van der Waals surface area (Å²) in [4.78, 5) is 0. The summed E-state index contributed by atoms with van der Waals surface area (Å²) in [7, 11) is -6.25. The molecule has 12 aromatic carbocycles. The second-order valence-electron chi connectivity index (χ2n) is 19.9. The van der Waals surface area contributed by atoms with Crippen LogP contribution in [0.3, 0.4) is 0 Å². The molecule has 0 spiro atoms. The molecule has 2 nitrogen and oxygen atoms in total. The molecule has 0 atom stereocenters. The molecule has 358 valence electrons. The average molecular weight is 1000 g/mol. The molecule has 0 aliphatic carbocycles. The Hall–Kier alpha value is -9.33. The van der Waals surface area contributed by atoms with Crippen molar-refractivity contribution in [1.82, 2.24) is 9.13 Å². The van der Waals surface area contributed by atoms with Gasteiger partial charge in [-0.25, -0.2) is 0 Å². The van der Waals surface area contributed by atoms with E-state index in [9.17, 15) is 0 Å². The average Bonchev–Trinajstić information content (AvgIpc) is 4.24. The fourth-order valence-corrected chi connectivity index (χ4v) is 22.7. The Bertz CT molecular complexity index is 4230. The third-order valence-electron chi connectivity index (χ3n) is 16.0. The van der Waals surface area contributed by atoms with E-state index in [1.54, 1.807) is 0 Å². The maximum absolute atomic E-state index is 3.32. The standard InChI is InChI=1S/C72H52N2Si2/c1-8-28-53(29-9-1)54-30-26-44-62(50-54)76(60-40-18-6-19-41-60,61-42-20-7-21-43-61)69-52-68-70(64-46-22-24-48-66(64)73(68)55-31-10-2-11-32-55)72-71(69)65-47-23-25-49-67(65)74(72)56-33-27-45-63(51-56)75(57-34-12-3-13-35-57,58-36-14-4-15-37-58)59-38-16-5-17-39-59/h1-52H. The number of benzene rings is 12. The predicted molar refractivity (Wildman–Crippen MR) is 328 cm³/mol. The monoisotopic (exact) mass is 1000 g/mol. The van der Waals surface area contributed by atoms with Gasteiger partial charge in [0.25, 0.3) is 0 Å². The first-order valence-electron chi connectivity index (χ1n) is 26.3. The minimum atomic E-state index is -3.32. The molecule has 0 saturated carbocycles. The number of rotatable bonds is 11. The number of hydrogen-bond donors (Lipinski definition) is 0. The highest BCUT2D eigenvalue weighted by Gasteiger charge is 2.45. The molecule has 0 N–H and O–H groups in total. The first-order valence-corrected chi connectivity index (χ1v) is 30.3. The maximum atomic E-state index is 2.64. The van der Waals surface area contributed by atoms with Crippen molar-refractivity contribution >= 4 is 101 Å². The van der Waals surface area contributed by atoms with Crippen LogP contribution in [0.1, 0.15) is 0 Å². The zero-order chi connectivity index (χ0) is 50.5. The van der Waals surface area contributed by atoms with Crippen LogP contribution in [-0.4, -0.2) is 25.3 Å². The first-order chi connectivity index (χ1) is 37.7. The van der Waals surface area contributed by atoms with Crippen LogP contribution in [0.15, 0.2) is 315 Å². The molecular formula is C72H52N2Si2. The van der Waals surface area contributed by atoms with Crippen LogP contribution >= 0.6 is 0 Å². The molecule has 0 saturated heterocycles. The van der Waals surface area contributed by atoms with E-state index in [1.807, 2.05) is 0 Å². The Labute approximate surface area is 445 Å². The summed E-state index contributed by atoms with van der Waals surface area (Å²) in [6.07, 6.45) is 0. The van der Waals surface area contributed by atoms with E-state index >= 15 is 0 Å². The van der Waals surface area contributed by atoms with Crippen LogP contribution < -0.4 is 41.5 Å². The number of hydrogen-bond acceptors (Lipinski definition) is 0. The molecule has 4 heteroatoms. The van der Waals surface area contributed by atoms with Crippen molar-refractivity contribution in [2.24, 2.45) is 0 Å². The summed E-state index contributed by atoms with van der Waals surface area (Å²) in [6, 6.07) is 119. The van der Waals surface area contributed by atoms with E-state index in [4.69, 9.17) is 0 Å². The molecular weight excluding hydrogens is 949 g/mol. The van der Waals surface area contributed by atoms with Gasteiger partial charge in [0.05, 0.1) is 22.1 Å². The lowest BCUT2D eigenvalue weighted by atomic mass is 10.1. The van der Waals surface area contributed by atoms with Gasteiger partial charge in [0.1, 0.15) is 0 Å². The van der Waals surface area contributed by atoms with E-state index < -0.39 is 16.1 Å². The normalized spacial score (nSPS) is 11.9. The van der Waals surface area contributed by atoms with E-state index in [1.165, 1.54) is 96.2 Å². The number of aromatic nitrogens is 2. The largest absolute Gasteiger partial charge is 0.309 e. The SMILES string of the molecule is c1ccc(-c2cccc([Si](c3ccccc3)(c3ccccc3)c3cc4c(c5ccccc5n4-c4ccccc4)c4c3c3ccccc3n4-c3cccc([Si](c4ccccc4)(c4ccccc4)c4ccccc4)c3)c2)cc1. The van der Waals surface area contributed by atoms with Gasteiger partial charge in [0.15, 0.2) is 16.1 Å². The molecule has 14 rings (SSSR count). The van der Waals surface area contributed by atoms with Gasteiger partial charge in [-0.1, -0.05) is 273 Å². The Morgan fingerprint density at radius 3 is 1.12 bits per heavy atom. The van der Waals surface area contributed by atoms with Gasteiger partial charge < -0.3 is 9.13 Å². The Balaban J connectivity index is 1.20. The fraction of sp³-hybridized carbons (Fsp3) is 0. The Kier molecular flexibility index (Phi) is 11.2. The third-order valence-corrected chi connectivity index (χ3v) is 25.5. The van der Waals surface area contributed by atoms with Crippen molar-refractivity contribution in [3.8, 4) is 22.5 Å². The lowest BCUT2D eigenvalue weighted by Gasteiger charge is -2.36. The lowest BCUT2D eigenvalue weighted by molar-refractivity contribution is 1.18. The van der Waals surface area contributed by atoms with E-state index in [0.29, 0.717) is 0 Å². The van der Waals surface area contributed by atoms with Gasteiger partial charge in [-0.3, -0.25) is 0 Å². The van der Waals surface area contributed by atoms with Crippen molar-refractivity contribution in [3.63, 3.8) is 0 Å². The highest BCUT2D eigenvalue weighted by Crippen LogP contribution is 2.42. The Morgan fingerprint density at radius 1 is 0.224 bits per heavy atom. The molecule has 76 heavy (non-hydrogen) atoms. The number of nitrogens with zero attached hydrogens (tertiary/aromatic N) is 2. The quantitative estimate of drug-likeness (QED) is 0.0903. The van der Waals surface area contributed by atoms with Crippen LogP contribution in [0.4, 0.5) is 0 Å². The smallest absolute Gasteiger partial charge is 0.180 e. The van der Waals surface area contributed by atoms with Gasteiger partial charge >= 0.3 is 0 Å². The summed E-state index contributed by atoms with van der Waals surface area (Å²) >= 11 is 0. The van der Waals surface area contributed by atoms with Gasteiger partial charge in [-0.15, -0.1) is 0 Å². The van der Waals surface area contributed by atoms with Crippen molar-refractivity contribution < 1.29 is 0 Å². The summed E-state index contributed by atoms with van der Waals surface area (Å²) < 4.78 is 5.16. The van der Waals surface area contributed by atoms with Crippen LogP contribution in [0.2, 0.25) is 0 Å².